The molecular formula is C24H26N2O5S. The molecular weight excluding hydrogens is 428 g/mol. The first-order valence-corrected chi connectivity index (χ1v) is 12.1. The molecule has 3 aromatic rings. The summed E-state index contributed by atoms with van der Waals surface area (Å²) in [5.74, 6) is -0.353. The molecule has 0 bridgehead atoms. The molecule has 1 fully saturated rings. The molecule has 1 saturated heterocycles. The van der Waals surface area contributed by atoms with E-state index in [1.54, 1.807) is 12.1 Å². The van der Waals surface area contributed by atoms with Gasteiger partial charge in [0.1, 0.15) is 5.58 Å². The highest BCUT2D eigenvalue weighted by Crippen LogP contribution is 2.25. The van der Waals surface area contributed by atoms with Gasteiger partial charge >= 0.3 is 0 Å². The Labute approximate surface area is 187 Å². The Balaban J connectivity index is 1.54. The molecule has 0 saturated carbocycles. The van der Waals surface area contributed by atoms with Crippen molar-refractivity contribution in [3.05, 3.63) is 69.6 Å². The number of nitrogens with zero attached hydrogens (tertiary/aromatic N) is 1. The Kier molecular flexibility index (Phi) is 5.92. The number of carbonyl (C=O) groups excluding carboxylic acids is 1. The predicted molar refractivity (Wildman–Crippen MR) is 124 cm³/mol. The highest BCUT2D eigenvalue weighted by atomic mass is 32.2. The van der Waals surface area contributed by atoms with Gasteiger partial charge in [-0.2, -0.15) is 4.31 Å². The van der Waals surface area contributed by atoms with Crippen LogP contribution in [0.4, 0.5) is 5.69 Å². The summed E-state index contributed by atoms with van der Waals surface area (Å²) in [6.07, 6.45) is 1.88. The highest BCUT2D eigenvalue weighted by molar-refractivity contribution is 7.89. The van der Waals surface area contributed by atoms with Crippen molar-refractivity contribution in [1.82, 2.24) is 4.31 Å². The number of aryl methyl sites for hydroxylation is 2. The van der Waals surface area contributed by atoms with Crippen LogP contribution in [0, 0.1) is 19.8 Å². The maximum absolute atomic E-state index is 12.9. The van der Waals surface area contributed by atoms with E-state index in [9.17, 15) is 18.0 Å². The zero-order valence-electron chi connectivity index (χ0n) is 18.3. The normalized spacial score (nSPS) is 17.4. The van der Waals surface area contributed by atoms with Crippen LogP contribution >= 0.6 is 0 Å². The third-order valence-electron chi connectivity index (χ3n) is 5.94. The molecule has 0 spiro atoms. The molecule has 7 nitrogen and oxygen atoms in total. The summed E-state index contributed by atoms with van der Waals surface area (Å²) in [5, 5.41) is 3.08. The molecule has 1 aliphatic heterocycles. The summed E-state index contributed by atoms with van der Waals surface area (Å²) < 4.78 is 33.0. The molecule has 8 heteroatoms. The van der Waals surface area contributed by atoms with E-state index in [-0.39, 0.29) is 16.1 Å². The fraction of sp³-hybridized carbons (Fsp3) is 0.333. The number of carbonyl (C=O) groups is 1. The topological polar surface area (TPSA) is 96.7 Å². The SMILES string of the molecule is Cc1cc2oc(C(=O)Nc3ccc(S(=O)(=O)N4CCC[C@@H](C)C4)cc3)cc(=O)c2cc1C. The van der Waals surface area contributed by atoms with E-state index < -0.39 is 15.9 Å². The third kappa shape index (κ3) is 4.33. The van der Waals surface area contributed by atoms with Crippen LogP contribution < -0.4 is 10.7 Å². The Hall–Kier alpha value is -2.97. The van der Waals surface area contributed by atoms with E-state index in [1.807, 2.05) is 20.8 Å². The summed E-state index contributed by atoms with van der Waals surface area (Å²) in [6, 6.07) is 10.7. The lowest BCUT2D eigenvalue weighted by Gasteiger charge is -2.30. The lowest BCUT2D eigenvalue weighted by atomic mass is 10.0. The van der Waals surface area contributed by atoms with Crippen molar-refractivity contribution in [2.75, 3.05) is 18.4 Å². The first-order chi connectivity index (χ1) is 15.1. The van der Waals surface area contributed by atoms with E-state index in [0.29, 0.717) is 35.7 Å². The monoisotopic (exact) mass is 454 g/mol. The average molecular weight is 455 g/mol. The van der Waals surface area contributed by atoms with Gasteiger partial charge in [0.15, 0.2) is 11.2 Å². The largest absolute Gasteiger partial charge is 0.451 e. The third-order valence-corrected chi connectivity index (χ3v) is 7.82. The van der Waals surface area contributed by atoms with Gasteiger partial charge in [0.25, 0.3) is 5.91 Å². The number of fused-ring (bicyclic) bond motifs is 1. The molecule has 1 aliphatic rings. The van der Waals surface area contributed by atoms with Crippen molar-refractivity contribution < 1.29 is 17.6 Å². The number of benzene rings is 2. The van der Waals surface area contributed by atoms with Crippen LogP contribution in [0.15, 0.2) is 56.6 Å². The predicted octanol–water partition coefficient (Wildman–Crippen LogP) is 4.08. The number of amides is 1. The number of nitrogens with one attached hydrogen (secondary N) is 1. The first-order valence-electron chi connectivity index (χ1n) is 10.6. The standard InChI is InChI=1S/C24H26N2O5S/c1-15-5-4-10-26(14-15)32(29,30)19-8-6-18(7-9-19)25-24(28)23-13-21(27)20-11-16(2)17(3)12-22(20)31-23/h6-9,11-13,15H,4-5,10,14H2,1-3H3,(H,25,28)/t15-/m1/s1. The van der Waals surface area contributed by atoms with Gasteiger partial charge in [-0.05, 0) is 80.1 Å². The molecule has 2 aromatic carbocycles. The van der Waals surface area contributed by atoms with Gasteiger partial charge in [0.2, 0.25) is 10.0 Å². The first kappa shape index (κ1) is 22.2. The summed E-state index contributed by atoms with van der Waals surface area (Å²) in [4.78, 5) is 25.3. The zero-order valence-corrected chi connectivity index (χ0v) is 19.2. The number of anilines is 1. The molecule has 1 atom stereocenters. The maximum Gasteiger partial charge on any atom is 0.291 e. The Morgan fingerprint density at radius 1 is 1.09 bits per heavy atom. The summed E-state index contributed by atoms with van der Waals surface area (Å²) >= 11 is 0. The minimum atomic E-state index is -3.57. The molecule has 0 unspecified atom stereocenters. The number of piperidine rings is 1. The Morgan fingerprint density at radius 2 is 1.78 bits per heavy atom. The minimum Gasteiger partial charge on any atom is -0.451 e. The minimum absolute atomic E-state index is 0.107. The van der Waals surface area contributed by atoms with E-state index in [1.165, 1.54) is 34.6 Å². The van der Waals surface area contributed by atoms with E-state index in [4.69, 9.17) is 4.42 Å². The quantitative estimate of drug-likeness (QED) is 0.641. The van der Waals surface area contributed by atoms with Crippen molar-refractivity contribution >= 4 is 32.6 Å². The molecule has 168 valence electrons. The lowest BCUT2D eigenvalue weighted by molar-refractivity contribution is 0.0997. The van der Waals surface area contributed by atoms with Crippen molar-refractivity contribution in [3.8, 4) is 0 Å². The Morgan fingerprint density at radius 3 is 2.47 bits per heavy atom. The van der Waals surface area contributed by atoms with Gasteiger partial charge in [-0.15, -0.1) is 0 Å². The number of hydrogen-bond acceptors (Lipinski definition) is 5. The van der Waals surface area contributed by atoms with Crippen LogP contribution in [0.2, 0.25) is 0 Å². The van der Waals surface area contributed by atoms with E-state index in [2.05, 4.69) is 5.32 Å². The summed E-state index contributed by atoms with van der Waals surface area (Å²) in [7, 11) is -3.57. The van der Waals surface area contributed by atoms with Gasteiger partial charge < -0.3 is 9.73 Å². The van der Waals surface area contributed by atoms with Gasteiger partial charge in [0.05, 0.1) is 10.3 Å². The molecule has 1 aromatic heterocycles. The molecule has 0 aliphatic carbocycles. The van der Waals surface area contributed by atoms with Crippen molar-refractivity contribution in [2.45, 2.75) is 38.5 Å². The van der Waals surface area contributed by atoms with Crippen molar-refractivity contribution in [2.24, 2.45) is 5.92 Å². The van der Waals surface area contributed by atoms with Crippen molar-refractivity contribution in [3.63, 3.8) is 0 Å². The van der Waals surface area contributed by atoms with Gasteiger partial charge in [-0.25, -0.2) is 8.42 Å². The second-order valence-corrected chi connectivity index (χ2v) is 10.4. The number of rotatable bonds is 4. The van der Waals surface area contributed by atoms with Crippen LogP contribution in [0.3, 0.4) is 0 Å². The highest BCUT2D eigenvalue weighted by Gasteiger charge is 2.28. The fourth-order valence-electron chi connectivity index (χ4n) is 3.94. The fourth-order valence-corrected chi connectivity index (χ4v) is 5.54. The zero-order chi connectivity index (χ0) is 23.0. The van der Waals surface area contributed by atoms with Gasteiger partial charge in [-0.3, -0.25) is 9.59 Å². The number of sulfonamides is 1. The van der Waals surface area contributed by atoms with Gasteiger partial charge in [0, 0.05) is 24.8 Å². The van der Waals surface area contributed by atoms with Crippen molar-refractivity contribution in [1.29, 1.82) is 0 Å². The summed E-state index contributed by atoms with van der Waals surface area (Å²) in [6.45, 7) is 6.89. The molecule has 4 rings (SSSR count). The van der Waals surface area contributed by atoms with Crippen LogP contribution in [0.1, 0.15) is 41.4 Å². The van der Waals surface area contributed by atoms with Crippen LogP contribution in [0.25, 0.3) is 11.0 Å². The molecule has 1 N–H and O–H groups in total. The molecule has 2 heterocycles. The molecule has 32 heavy (non-hydrogen) atoms. The second-order valence-electron chi connectivity index (χ2n) is 8.50. The lowest BCUT2D eigenvalue weighted by Crippen LogP contribution is -2.39. The summed E-state index contributed by atoms with van der Waals surface area (Å²) in [5.41, 5.74) is 2.39. The number of hydrogen-bond donors (Lipinski definition) is 1. The van der Waals surface area contributed by atoms with Crippen LogP contribution in [-0.2, 0) is 10.0 Å². The van der Waals surface area contributed by atoms with Gasteiger partial charge in [-0.1, -0.05) is 6.92 Å². The van der Waals surface area contributed by atoms with E-state index in [0.717, 1.165) is 24.0 Å². The van der Waals surface area contributed by atoms with Crippen LogP contribution in [0.5, 0.6) is 0 Å². The maximum atomic E-state index is 12.9. The van der Waals surface area contributed by atoms with Crippen LogP contribution in [-0.4, -0.2) is 31.7 Å². The molecule has 0 radical (unpaired) electrons. The molecule has 1 amide bonds. The Bertz CT molecular complexity index is 1340. The second kappa shape index (κ2) is 8.52. The average Bonchev–Trinajstić information content (AvgIpc) is 2.75. The van der Waals surface area contributed by atoms with E-state index >= 15 is 0 Å². The smallest absolute Gasteiger partial charge is 0.291 e.